The number of benzene rings is 2. The van der Waals surface area contributed by atoms with E-state index in [2.05, 4.69) is 5.32 Å². The fourth-order valence-corrected chi connectivity index (χ4v) is 2.43. The lowest BCUT2D eigenvalue weighted by Gasteiger charge is -2.18. The van der Waals surface area contributed by atoms with Crippen LogP contribution in [0.25, 0.3) is 0 Å². The molecule has 130 valence electrons. The minimum Gasteiger partial charge on any atom is -0.464 e. The number of nitro benzene ring substituents is 1. The summed E-state index contributed by atoms with van der Waals surface area (Å²) in [6.07, 6.45) is 0. The van der Waals surface area contributed by atoms with Crippen molar-refractivity contribution >= 4 is 17.6 Å². The quantitative estimate of drug-likeness (QED) is 0.494. The van der Waals surface area contributed by atoms with Gasteiger partial charge >= 0.3 is 5.97 Å². The highest BCUT2D eigenvalue weighted by Crippen LogP contribution is 2.22. The van der Waals surface area contributed by atoms with Gasteiger partial charge in [-0.05, 0) is 25.5 Å². The molecule has 2 rings (SSSR count). The fourth-order valence-electron chi connectivity index (χ4n) is 2.43. The van der Waals surface area contributed by atoms with E-state index in [-0.39, 0.29) is 23.4 Å². The Morgan fingerprint density at radius 2 is 1.84 bits per heavy atom. The van der Waals surface area contributed by atoms with E-state index < -0.39 is 22.8 Å². The smallest absolute Gasteiger partial charge is 0.333 e. The number of carbonyl (C=O) groups excluding carboxylic acids is 2. The van der Waals surface area contributed by atoms with E-state index in [4.69, 9.17) is 4.74 Å². The Morgan fingerprint density at radius 1 is 1.16 bits per heavy atom. The van der Waals surface area contributed by atoms with E-state index in [0.29, 0.717) is 5.56 Å². The lowest BCUT2D eigenvalue weighted by atomic mass is 10.0. The number of amides is 1. The topological polar surface area (TPSA) is 98.5 Å². The van der Waals surface area contributed by atoms with Crippen LogP contribution in [0, 0.1) is 17.0 Å². The van der Waals surface area contributed by atoms with Crippen molar-refractivity contribution in [2.75, 3.05) is 6.61 Å². The summed E-state index contributed by atoms with van der Waals surface area (Å²) in [6.45, 7) is 3.34. The molecule has 0 aliphatic heterocycles. The summed E-state index contributed by atoms with van der Waals surface area (Å²) in [6, 6.07) is 11.9. The van der Waals surface area contributed by atoms with Crippen molar-refractivity contribution in [2.24, 2.45) is 0 Å². The van der Waals surface area contributed by atoms with Crippen LogP contribution in [0.2, 0.25) is 0 Å². The molecule has 0 aliphatic carbocycles. The third-order valence-electron chi connectivity index (χ3n) is 3.68. The Bertz CT molecular complexity index is 789. The zero-order chi connectivity index (χ0) is 18.4. The number of nitro groups is 1. The first-order valence-corrected chi connectivity index (χ1v) is 7.72. The minimum absolute atomic E-state index is 0.138. The van der Waals surface area contributed by atoms with Gasteiger partial charge in [0.05, 0.1) is 11.5 Å². The lowest BCUT2D eigenvalue weighted by Crippen LogP contribution is -2.35. The minimum atomic E-state index is -0.993. The van der Waals surface area contributed by atoms with Crippen molar-refractivity contribution in [1.29, 1.82) is 0 Å². The van der Waals surface area contributed by atoms with Crippen LogP contribution in [0.5, 0.6) is 0 Å². The van der Waals surface area contributed by atoms with E-state index in [1.807, 2.05) is 0 Å². The van der Waals surface area contributed by atoms with Crippen LogP contribution in [0.3, 0.4) is 0 Å². The molecular formula is C18H18N2O5. The SMILES string of the molecule is CCOC(=O)C(NC(=O)c1cccc([N+](=O)[O-])c1C)c1ccccc1. The van der Waals surface area contributed by atoms with Gasteiger partial charge in [0, 0.05) is 17.2 Å². The number of carbonyl (C=O) groups is 2. The van der Waals surface area contributed by atoms with E-state index in [1.165, 1.54) is 25.1 Å². The Kier molecular flexibility index (Phi) is 5.84. The molecule has 0 bridgehead atoms. The highest BCUT2D eigenvalue weighted by atomic mass is 16.6. The highest BCUT2D eigenvalue weighted by molar-refractivity contribution is 5.99. The van der Waals surface area contributed by atoms with E-state index in [0.717, 1.165) is 0 Å². The summed E-state index contributed by atoms with van der Waals surface area (Å²) in [5.74, 6) is -1.17. The Balaban J connectivity index is 2.33. The standard InChI is InChI=1S/C18H18N2O5/c1-3-25-18(22)16(13-8-5-4-6-9-13)19-17(21)14-10-7-11-15(12(14)2)20(23)24/h4-11,16H,3H2,1-2H3,(H,19,21). The summed E-state index contributed by atoms with van der Waals surface area (Å²) >= 11 is 0. The molecule has 25 heavy (non-hydrogen) atoms. The zero-order valence-electron chi connectivity index (χ0n) is 13.9. The van der Waals surface area contributed by atoms with Gasteiger partial charge in [-0.3, -0.25) is 14.9 Å². The van der Waals surface area contributed by atoms with Crippen LogP contribution in [0.15, 0.2) is 48.5 Å². The summed E-state index contributed by atoms with van der Waals surface area (Å²) in [5, 5.41) is 13.6. The molecule has 1 N–H and O–H groups in total. The molecule has 7 heteroatoms. The first kappa shape index (κ1) is 18.1. The van der Waals surface area contributed by atoms with Gasteiger partial charge in [0.25, 0.3) is 11.6 Å². The van der Waals surface area contributed by atoms with Crippen LogP contribution in [-0.4, -0.2) is 23.4 Å². The van der Waals surface area contributed by atoms with Gasteiger partial charge in [0.15, 0.2) is 6.04 Å². The van der Waals surface area contributed by atoms with Crippen molar-refractivity contribution in [2.45, 2.75) is 19.9 Å². The van der Waals surface area contributed by atoms with Crippen LogP contribution in [0.4, 0.5) is 5.69 Å². The molecule has 0 spiro atoms. The molecule has 2 aromatic carbocycles. The predicted octanol–water partition coefficient (Wildman–Crippen LogP) is 2.94. The maximum Gasteiger partial charge on any atom is 0.333 e. The Labute approximate surface area is 144 Å². The van der Waals surface area contributed by atoms with Gasteiger partial charge in [-0.1, -0.05) is 36.4 Å². The van der Waals surface area contributed by atoms with Crippen LogP contribution in [0.1, 0.15) is 34.5 Å². The van der Waals surface area contributed by atoms with Gasteiger partial charge < -0.3 is 10.1 Å². The van der Waals surface area contributed by atoms with Crippen molar-refractivity contribution in [3.63, 3.8) is 0 Å². The number of nitrogens with zero attached hydrogens (tertiary/aromatic N) is 1. The van der Waals surface area contributed by atoms with Crippen molar-refractivity contribution in [1.82, 2.24) is 5.32 Å². The lowest BCUT2D eigenvalue weighted by molar-refractivity contribution is -0.385. The van der Waals surface area contributed by atoms with Gasteiger partial charge in [-0.2, -0.15) is 0 Å². The first-order chi connectivity index (χ1) is 12.0. The monoisotopic (exact) mass is 342 g/mol. The molecule has 1 amide bonds. The van der Waals surface area contributed by atoms with Gasteiger partial charge in [-0.25, -0.2) is 4.79 Å². The largest absolute Gasteiger partial charge is 0.464 e. The number of nitrogens with one attached hydrogen (secondary N) is 1. The first-order valence-electron chi connectivity index (χ1n) is 7.72. The third-order valence-corrected chi connectivity index (χ3v) is 3.68. The number of esters is 1. The molecule has 0 aliphatic rings. The number of rotatable bonds is 6. The zero-order valence-corrected chi connectivity index (χ0v) is 13.9. The molecule has 0 radical (unpaired) electrons. The molecule has 0 saturated heterocycles. The summed E-state index contributed by atoms with van der Waals surface area (Å²) in [7, 11) is 0. The molecule has 1 atom stereocenters. The van der Waals surface area contributed by atoms with Crippen LogP contribution in [-0.2, 0) is 9.53 Å². The molecule has 0 aromatic heterocycles. The Hall–Kier alpha value is -3.22. The second-order valence-corrected chi connectivity index (χ2v) is 5.28. The van der Waals surface area contributed by atoms with Crippen molar-refractivity contribution in [3.8, 4) is 0 Å². The summed E-state index contributed by atoms with van der Waals surface area (Å²) in [5.41, 5.74) is 0.789. The van der Waals surface area contributed by atoms with Crippen molar-refractivity contribution < 1.29 is 19.2 Å². The van der Waals surface area contributed by atoms with Gasteiger partial charge in [0.1, 0.15) is 0 Å². The second kappa shape index (κ2) is 8.05. The molecule has 0 fully saturated rings. The average molecular weight is 342 g/mol. The number of ether oxygens (including phenoxy) is 1. The summed E-state index contributed by atoms with van der Waals surface area (Å²) < 4.78 is 5.03. The van der Waals surface area contributed by atoms with E-state index in [1.54, 1.807) is 37.3 Å². The maximum atomic E-state index is 12.6. The normalized spacial score (nSPS) is 11.4. The molecular weight excluding hydrogens is 324 g/mol. The Morgan fingerprint density at radius 3 is 2.44 bits per heavy atom. The molecule has 2 aromatic rings. The van der Waals surface area contributed by atoms with Crippen LogP contribution < -0.4 is 5.32 Å². The van der Waals surface area contributed by atoms with E-state index in [9.17, 15) is 19.7 Å². The van der Waals surface area contributed by atoms with Crippen LogP contribution >= 0.6 is 0 Å². The van der Waals surface area contributed by atoms with E-state index >= 15 is 0 Å². The van der Waals surface area contributed by atoms with Crippen molar-refractivity contribution in [3.05, 3.63) is 75.3 Å². The average Bonchev–Trinajstić information content (AvgIpc) is 2.60. The molecule has 7 nitrogen and oxygen atoms in total. The summed E-state index contributed by atoms with van der Waals surface area (Å²) in [4.78, 5) is 35.3. The fraction of sp³-hybridized carbons (Fsp3) is 0.222. The second-order valence-electron chi connectivity index (χ2n) is 5.28. The number of hydrogen-bond acceptors (Lipinski definition) is 5. The van der Waals surface area contributed by atoms with Gasteiger partial charge in [0.2, 0.25) is 0 Å². The molecule has 0 heterocycles. The highest BCUT2D eigenvalue weighted by Gasteiger charge is 2.26. The molecule has 1 unspecified atom stereocenters. The predicted molar refractivity (Wildman–Crippen MR) is 91.1 cm³/mol. The maximum absolute atomic E-state index is 12.6. The third kappa shape index (κ3) is 4.20. The molecule has 0 saturated carbocycles. The number of hydrogen-bond donors (Lipinski definition) is 1. The van der Waals surface area contributed by atoms with Gasteiger partial charge in [-0.15, -0.1) is 0 Å².